The molecule has 1 aromatic heterocycles. The van der Waals surface area contributed by atoms with Crippen LogP contribution in [0.2, 0.25) is 0 Å². The van der Waals surface area contributed by atoms with Crippen LogP contribution in [-0.4, -0.2) is 27.2 Å². The number of benzene rings is 1. The first-order valence-corrected chi connectivity index (χ1v) is 6.90. The summed E-state index contributed by atoms with van der Waals surface area (Å²) >= 11 is 0. The maximum absolute atomic E-state index is 12.5. The highest BCUT2D eigenvalue weighted by Crippen LogP contribution is 2.28. The number of carbonyl (C=O) groups is 1. The lowest BCUT2D eigenvalue weighted by atomic mass is 10.2. The molecule has 1 N–H and O–H groups in total. The normalized spacial score (nSPS) is 10.7. The lowest BCUT2D eigenvalue weighted by Crippen LogP contribution is -2.19. The third-order valence-electron chi connectivity index (χ3n) is 3.13. The van der Waals surface area contributed by atoms with E-state index in [9.17, 15) is 23.7 Å². The van der Waals surface area contributed by atoms with Crippen LogP contribution in [0.3, 0.4) is 0 Å². The molecule has 1 aromatic carbocycles. The summed E-state index contributed by atoms with van der Waals surface area (Å²) in [4.78, 5) is 22.7. The van der Waals surface area contributed by atoms with E-state index >= 15 is 0 Å². The summed E-state index contributed by atoms with van der Waals surface area (Å²) in [7, 11) is 0. The Balaban J connectivity index is 2.38. The summed E-state index contributed by atoms with van der Waals surface area (Å²) in [6.07, 6.45) is 0.964. The van der Waals surface area contributed by atoms with Gasteiger partial charge in [-0.05, 0) is 31.5 Å². The number of hydrogen-bond donors (Lipinski definition) is 1. The first-order valence-electron chi connectivity index (χ1n) is 6.90. The van der Waals surface area contributed by atoms with Crippen molar-refractivity contribution in [3.8, 4) is 5.75 Å². The quantitative estimate of drug-likeness (QED) is 0.644. The number of aryl methyl sites for hydroxylation is 2. The van der Waals surface area contributed by atoms with Crippen LogP contribution in [0, 0.1) is 17.0 Å². The van der Waals surface area contributed by atoms with Crippen molar-refractivity contribution in [2.45, 2.75) is 27.0 Å². The fourth-order valence-electron chi connectivity index (χ4n) is 2.10. The van der Waals surface area contributed by atoms with Gasteiger partial charge >= 0.3 is 12.3 Å². The lowest BCUT2D eigenvalue weighted by Gasteiger charge is -2.13. The minimum atomic E-state index is -3.07. The molecule has 2 rings (SSSR count). The van der Waals surface area contributed by atoms with Gasteiger partial charge in [0.1, 0.15) is 11.9 Å². The van der Waals surface area contributed by atoms with Crippen LogP contribution in [0.15, 0.2) is 24.4 Å². The molecule has 0 aliphatic rings. The van der Waals surface area contributed by atoms with Crippen LogP contribution in [0.1, 0.15) is 23.0 Å². The van der Waals surface area contributed by atoms with Crippen molar-refractivity contribution in [1.82, 2.24) is 9.78 Å². The highest BCUT2D eigenvalue weighted by molar-refractivity contribution is 6.06. The zero-order chi connectivity index (χ0) is 17.9. The van der Waals surface area contributed by atoms with Gasteiger partial charge in [0.25, 0.3) is 5.91 Å². The Hall–Kier alpha value is -3.04. The van der Waals surface area contributed by atoms with Crippen molar-refractivity contribution in [2.24, 2.45) is 0 Å². The third-order valence-corrected chi connectivity index (χ3v) is 3.13. The SMILES string of the molecule is CCn1ncc([N+](=O)[O-])c1C(=O)Nc1cc(C)ccc1OC(F)F. The van der Waals surface area contributed by atoms with Crippen molar-refractivity contribution in [1.29, 1.82) is 0 Å². The standard InChI is InChI=1S/C14H14F2N4O4/c1-3-19-12(10(7-17-19)20(22)23)13(21)18-9-6-8(2)4-5-11(9)24-14(15)16/h4-7,14H,3H2,1-2H3,(H,18,21). The summed E-state index contributed by atoms with van der Waals surface area (Å²) in [5.74, 6) is -1.08. The van der Waals surface area contributed by atoms with Crippen molar-refractivity contribution in [3.63, 3.8) is 0 Å². The molecular formula is C14H14F2N4O4. The summed E-state index contributed by atoms with van der Waals surface area (Å²) < 4.78 is 30.4. The largest absolute Gasteiger partial charge is 0.433 e. The molecule has 0 atom stereocenters. The van der Waals surface area contributed by atoms with Crippen LogP contribution < -0.4 is 10.1 Å². The van der Waals surface area contributed by atoms with E-state index in [1.54, 1.807) is 13.8 Å². The second-order valence-electron chi connectivity index (χ2n) is 4.78. The number of aromatic nitrogens is 2. The van der Waals surface area contributed by atoms with Gasteiger partial charge in [-0.25, -0.2) is 0 Å². The molecule has 0 unspecified atom stereocenters. The Bertz CT molecular complexity index is 776. The molecule has 0 fully saturated rings. The van der Waals surface area contributed by atoms with Gasteiger partial charge in [0.2, 0.25) is 5.69 Å². The van der Waals surface area contributed by atoms with Crippen molar-refractivity contribution >= 4 is 17.3 Å². The molecule has 1 heterocycles. The molecule has 0 bridgehead atoms. The highest BCUT2D eigenvalue weighted by Gasteiger charge is 2.27. The van der Waals surface area contributed by atoms with E-state index in [4.69, 9.17) is 0 Å². The number of nitro groups is 1. The van der Waals surface area contributed by atoms with Gasteiger partial charge in [0.05, 0.1) is 10.6 Å². The summed E-state index contributed by atoms with van der Waals surface area (Å²) in [6.45, 7) is 0.510. The first-order chi connectivity index (χ1) is 11.3. The molecule has 128 valence electrons. The lowest BCUT2D eigenvalue weighted by molar-refractivity contribution is -0.385. The van der Waals surface area contributed by atoms with E-state index in [0.29, 0.717) is 5.56 Å². The van der Waals surface area contributed by atoms with Gasteiger partial charge < -0.3 is 10.1 Å². The minimum Gasteiger partial charge on any atom is -0.433 e. The number of nitrogens with one attached hydrogen (secondary N) is 1. The number of rotatable bonds is 6. The van der Waals surface area contributed by atoms with E-state index in [2.05, 4.69) is 15.2 Å². The fourth-order valence-corrected chi connectivity index (χ4v) is 2.10. The third kappa shape index (κ3) is 3.65. The Kier molecular flexibility index (Phi) is 5.07. The number of halogens is 2. The average molecular weight is 340 g/mol. The summed E-state index contributed by atoms with van der Waals surface area (Å²) in [5.41, 5.74) is -0.0748. The number of ether oxygens (including phenoxy) is 1. The molecule has 2 aromatic rings. The molecule has 0 aliphatic heterocycles. The second-order valence-corrected chi connectivity index (χ2v) is 4.78. The number of nitrogens with zero attached hydrogens (tertiary/aromatic N) is 3. The molecule has 1 amide bonds. The number of hydrogen-bond acceptors (Lipinski definition) is 5. The van der Waals surface area contributed by atoms with Crippen molar-refractivity contribution in [3.05, 3.63) is 45.8 Å². The Morgan fingerprint density at radius 2 is 2.21 bits per heavy atom. The fraction of sp³-hybridized carbons (Fsp3) is 0.286. The zero-order valence-electron chi connectivity index (χ0n) is 12.8. The van der Waals surface area contributed by atoms with Gasteiger partial charge in [-0.3, -0.25) is 19.6 Å². The van der Waals surface area contributed by atoms with Crippen molar-refractivity contribution < 1.29 is 23.2 Å². The van der Waals surface area contributed by atoms with E-state index in [1.165, 1.54) is 18.2 Å². The maximum Gasteiger partial charge on any atom is 0.387 e. The van der Waals surface area contributed by atoms with E-state index < -0.39 is 23.1 Å². The van der Waals surface area contributed by atoms with Crippen LogP contribution in [0.25, 0.3) is 0 Å². The second kappa shape index (κ2) is 7.02. The Morgan fingerprint density at radius 1 is 1.50 bits per heavy atom. The smallest absolute Gasteiger partial charge is 0.387 e. The molecule has 0 radical (unpaired) electrons. The van der Waals surface area contributed by atoms with Gasteiger partial charge in [-0.1, -0.05) is 6.07 Å². The monoisotopic (exact) mass is 340 g/mol. The average Bonchev–Trinajstić information content (AvgIpc) is 2.93. The number of alkyl halides is 2. The minimum absolute atomic E-state index is 0.0153. The van der Waals surface area contributed by atoms with Crippen LogP contribution in [0.4, 0.5) is 20.2 Å². The topological polar surface area (TPSA) is 99.3 Å². The van der Waals surface area contributed by atoms with Gasteiger partial charge in [-0.2, -0.15) is 13.9 Å². The van der Waals surface area contributed by atoms with E-state index in [-0.39, 0.29) is 23.7 Å². The number of carbonyl (C=O) groups excluding carboxylic acids is 1. The first kappa shape index (κ1) is 17.3. The van der Waals surface area contributed by atoms with E-state index in [0.717, 1.165) is 10.9 Å². The number of amides is 1. The van der Waals surface area contributed by atoms with Crippen LogP contribution >= 0.6 is 0 Å². The van der Waals surface area contributed by atoms with Gasteiger partial charge in [-0.15, -0.1) is 0 Å². The molecular weight excluding hydrogens is 326 g/mol. The molecule has 0 aliphatic carbocycles. The maximum atomic E-state index is 12.5. The van der Waals surface area contributed by atoms with Gasteiger partial charge in [0, 0.05) is 6.54 Å². The highest BCUT2D eigenvalue weighted by atomic mass is 19.3. The Morgan fingerprint density at radius 3 is 2.79 bits per heavy atom. The molecule has 24 heavy (non-hydrogen) atoms. The molecule has 8 nitrogen and oxygen atoms in total. The molecule has 0 saturated carbocycles. The number of anilines is 1. The van der Waals surface area contributed by atoms with Crippen LogP contribution in [0.5, 0.6) is 5.75 Å². The molecule has 0 spiro atoms. The molecule has 0 saturated heterocycles. The Labute approximate surface area is 135 Å². The summed E-state index contributed by atoms with van der Waals surface area (Å²) in [6, 6.07) is 4.24. The summed E-state index contributed by atoms with van der Waals surface area (Å²) in [5, 5.41) is 17.2. The zero-order valence-corrected chi connectivity index (χ0v) is 12.8. The van der Waals surface area contributed by atoms with E-state index in [1.807, 2.05) is 0 Å². The predicted octanol–water partition coefficient (Wildman–Crippen LogP) is 2.97. The van der Waals surface area contributed by atoms with Gasteiger partial charge in [0.15, 0.2) is 0 Å². The molecule has 10 heteroatoms. The van der Waals surface area contributed by atoms with Crippen molar-refractivity contribution in [2.75, 3.05) is 5.32 Å². The van der Waals surface area contributed by atoms with Crippen LogP contribution in [-0.2, 0) is 6.54 Å². The predicted molar refractivity (Wildman–Crippen MR) is 80.3 cm³/mol.